The zero-order valence-corrected chi connectivity index (χ0v) is 29.2. The molecule has 0 aromatic heterocycles. The summed E-state index contributed by atoms with van der Waals surface area (Å²) in [5, 5.41) is 5.68. The molecule has 2 aromatic rings. The minimum Gasteiger partial charge on any atom is -0.458 e. The van der Waals surface area contributed by atoms with Gasteiger partial charge in [-0.15, -0.1) is 0 Å². The predicted octanol–water partition coefficient (Wildman–Crippen LogP) is 6.62. The molecule has 2 rings (SSSR count). The van der Waals surface area contributed by atoms with Crippen LogP contribution in [-0.2, 0) is 30.3 Å². The van der Waals surface area contributed by atoms with Gasteiger partial charge in [-0.2, -0.15) is 0 Å². The average Bonchev–Trinajstić information content (AvgIpc) is 2.96. The molecule has 2 aromatic carbocycles. The van der Waals surface area contributed by atoms with Crippen LogP contribution in [0.1, 0.15) is 98.4 Å². The maximum atomic E-state index is 14.5. The summed E-state index contributed by atoms with van der Waals surface area (Å²) in [6.45, 7) is 21.8. The lowest BCUT2D eigenvalue weighted by molar-refractivity contribution is -0.159. The van der Waals surface area contributed by atoms with Crippen molar-refractivity contribution in [3.63, 3.8) is 0 Å². The highest BCUT2D eigenvalue weighted by Crippen LogP contribution is 2.29. The van der Waals surface area contributed by atoms with Crippen molar-refractivity contribution in [2.24, 2.45) is 5.92 Å². The molecular formula is C37H53N3O6. The lowest BCUT2D eigenvalue weighted by Gasteiger charge is -2.39. The third-order valence-electron chi connectivity index (χ3n) is 7.20. The number of benzene rings is 2. The van der Waals surface area contributed by atoms with E-state index >= 15 is 0 Å². The maximum absolute atomic E-state index is 14.5. The number of ether oxygens (including phenoxy) is 2. The topological polar surface area (TPSA) is 114 Å². The Kier molecular flexibility index (Phi) is 13.6. The minimum absolute atomic E-state index is 0.188. The van der Waals surface area contributed by atoms with Crippen LogP contribution in [0.3, 0.4) is 0 Å². The number of carbonyl (C=O) groups is 4. The second-order valence-corrected chi connectivity index (χ2v) is 13.9. The third-order valence-corrected chi connectivity index (χ3v) is 7.20. The van der Waals surface area contributed by atoms with Crippen LogP contribution in [0.4, 0.5) is 4.79 Å². The molecule has 4 atom stereocenters. The van der Waals surface area contributed by atoms with Crippen LogP contribution in [0.15, 0.2) is 61.2 Å². The van der Waals surface area contributed by atoms with E-state index < -0.39 is 59.2 Å². The van der Waals surface area contributed by atoms with Gasteiger partial charge >= 0.3 is 12.1 Å². The van der Waals surface area contributed by atoms with Crippen molar-refractivity contribution < 1.29 is 28.7 Å². The lowest BCUT2D eigenvalue weighted by atomic mass is 9.95. The van der Waals surface area contributed by atoms with Crippen LogP contribution in [0.5, 0.6) is 0 Å². The quantitative estimate of drug-likeness (QED) is 0.239. The Morgan fingerprint density at radius 1 is 0.870 bits per heavy atom. The molecule has 4 unspecified atom stereocenters. The normalized spacial score (nSPS) is 14.3. The van der Waals surface area contributed by atoms with Gasteiger partial charge in [0.2, 0.25) is 11.8 Å². The van der Waals surface area contributed by atoms with Gasteiger partial charge < -0.3 is 25.0 Å². The molecule has 252 valence electrons. The Morgan fingerprint density at radius 2 is 1.48 bits per heavy atom. The fourth-order valence-electron chi connectivity index (χ4n) is 4.87. The first-order chi connectivity index (χ1) is 21.4. The van der Waals surface area contributed by atoms with Crippen LogP contribution in [0.25, 0.3) is 6.08 Å². The van der Waals surface area contributed by atoms with Crippen LogP contribution in [-0.4, -0.2) is 58.1 Å². The van der Waals surface area contributed by atoms with Crippen LogP contribution in [0, 0.1) is 5.92 Å². The molecule has 3 amide bonds. The highest BCUT2D eigenvalue weighted by atomic mass is 16.6. The number of esters is 1. The summed E-state index contributed by atoms with van der Waals surface area (Å²) in [4.78, 5) is 56.9. The van der Waals surface area contributed by atoms with Crippen molar-refractivity contribution in [3.05, 3.63) is 77.9 Å². The van der Waals surface area contributed by atoms with E-state index in [1.54, 1.807) is 65.8 Å². The molecule has 0 radical (unpaired) electrons. The van der Waals surface area contributed by atoms with Gasteiger partial charge in [-0.3, -0.25) is 9.59 Å². The van der Waals surface area contributed by atoms with Crippen molar-refractivity contribution in [1.82, 2.24) is 15.5 Å². The number of carbonyl (C=O) groups excluding carboxylic acids is 4. The zero-order chi connectivity index (χ0) is 34.8. The second kappa shape index (κ2) is 16.4. The first-order valence-corrected chi connectivity index (χ1v) is 16.0. The number of alkyl carbamates (subject to hydrolysis) is 1. The van der Waals surface area contributed by atoms with E-state index in [2.05, 4.69) is 17.2 Å². The molecule has 0 aliphatic carbocycles. The van der Waals surface area contributed by atoms with Gasteiger partial charge in [0.1, 0.15) is 29.3 Å². The number of nitrogens with zero attached hydrogens (tertiary/aromatic N) is 1. The monoisotopic (exact) mass is 635 g/mol. The zero-order valence-electron chi connectivity index (χ0n) is 29.2. The number of amides is 3. The Hall–Kier alpha value is -4.14. The van der Waals surface area contributed by atoms with Crippen LogP contribution < -0.4 is 10.6 Å². The van der Waals surface area contributed by atoms with Crippen molar-refractivity contribution >= 4 is 30.0 Å². The summed E-state index contributed by atoms with van der Waals surface area (Å²) < 4.78 is 11.2. The van der Waals surface area contributed by atoms with E-state index in [-0.39, 0.29) is 12.3 Å². The fraction of sp³-hybridized carbons (Fsp3) is 0.514. The van der Waals surface area contributed by atoms with Gasteiger partial charge in [-0.25, -0.2) is 9.59 Å². The van der Waals surface area contributed by atoms with E-state index in [9.17, 15) is 19.2 Å². The van der Waals surface area contributed by atoms with Gasteiger partial charge in [0.25, 0.3) is 0 Å². The summed E-state index contributed by atoms with van der Waals surface area (Å²) in [5.74, 6) is -1.92. The van der Waals surface area contributed by atoms with E-state index in [1.165, 1.54) is 4.90 Å². The molecule has 0 fully saturated rings. The average molecular weight is 636 g/mol. The lowest BCUT2D eigenvalue weighted by Crippen LogP contribution is -2.58. The Labute approximate surface area is 275 Å². The third kappa shape index (κ3) is 11.7. The molecule has 9 nitrogen and oxygen atoms in total. The van der Waals surface area contributed by atoms with Gasteiger partial charge in [0, 0.05) is 12.5 Å². The number of hydrogen-bond acceptors (Lipinski definition) is 6. The molecule has 9 heteroatoms. The Balaban J connectivity index is 2.66. The fourth-order valence-corrected chi connectivity index (χ4v) is 4.87. The molecule has 0 saturated carbocycles. The van der Waals surface area contributed by atoms with E-state index in [0.29, 0.717) is 12.0 Å². The molecule has 46 heavy (non-hydrogen) atoms. The van der Waals surface area contributed by atoms with Crippen molar-refractivity contribution in [2.75, 3.05) is 0 Å². The number of nitrogens with one attached hydrogen (secondary N) is 2. The molecule has 0 spiro atoms. The summed E-state index contributed by atoms with van der Waals surface area (Å²) in [6, 6.07) is 13.0. The summed E-state index contributed by atoms with van der Waals surface area (Å²) in [7, 11) is 0. The van der Waals surface area contributed by atoms with Crippen LogP contribution in [0.2, 0.25) is 0 Å². The smallest absolute Gasteiger partial charge is 0.408 e. The van der Waals surface area contributed by atoms with Crippen molar-refractivity contribution in [3.8, 4) is 0 Å². The van der Waals surface area contributed by atoms with Crippen molar-refractivity contribution in [1.29, 1.82) is 0 Å². The molecule has 0 bridgehead atoms. The largest absolute Gasteiger partial charge is 0.458 e. The summed E-state index contributed by atoms with van der Waals surface area (Å²) >= 11 is 0. The first-order valence-electron chi connectivity index (χ1n) is 16.0. The molecular weight excluding hydrogens is 582 g/mol. The number of hydrogen-bond donors (Lipinski definition) is 2. The Morgan fingerprint density at radius 3 is 2.00 bits per heavy atom. The van der Waals surface area contributed by atoms with Gasteiger partial charge in [-0.05, 0) is 83.6 Å². The summed E-state index contributed by atoms with van der Waals surface area (Å²) in [5.41, 5.74) is 0.567. The second-order valence-electron chi connectivity index (χ2n) is 13.9. The SMILES string of the molecule is C=Cc1cccc(C(C(=O)NC(Cc2ccccc2)C(=O)OC(C)(C)C)N(C(=O)C(NC(=O)OC(C)(C)C)C(C)C)C(C)CC)c1. The molecule has 0 aliphatic rings. The summed E-state index contributed by atoms with van der Waals surface area (Å²) in [6.07, 6.45) is 1.64. The first kappa shape index (κ1) is 38.0. The van der Waals surface area contributed by atoms with Gasteiger partial charge in [-0.1, -0.05) is 82.0 Å². The Bertz CT molecular complexity index is 1340. The van der Waals surface area contributed by atoms with Crippen LogP contribution >= 0.6 is 0 Å². The number of rotatable bonds is 13. The maximum Gasteiger partial charge on any atom is 0.408 e. The standard InChI is InChI=1S/C37H53N3O6/c1-12-25(5)40(33(42)30(24(3)4)39-35(44)46-37(9,10)11)31(28-21-17-20-26(13-2)22-28)32(41)38-29(34(43)45-36(6,7)8)23-27-18-15-14-16-19-27/h13-22,24-25,29-31H,2,12,23H2,1,3-11H3,(H,38,41)(H,39,44). The van der Waals surface area contributed by atoms with E-state index in [4.69, 9.17) is 9.47 Å². The van der Waals surface area contributed by atoms with E-state index in [1.807, 2.05) is 64.1 Å². The van der Waals surface area contributed by atoms with Crippen molar-refractivity contribution in [2.45, 2.75) is 117 Å². The van der Waals surface area contributed by atoms with E-state index in [0.717, 1.165) is 11.1 Å². The molecule has 0 saturated heterocycles. The molecule has 0 aliphatic heterocycles. The highest BCUT2D eigenvalue weighted by Gasteiger charge is 2.41. The molecule has 0 heterocycles. The van der Waals surface area contributed by atoms with Gasteiger partial charge in [0.15, 0.2) is 0 Å². The predicted molar refractivity (Wildman–Crippen MR) is 182 cm³/mol. The highest BCUT2D eigenvalue weighted by molar-refractivity contribution is 5.94. The molecule has 2 N–H and O–H groups in total. The minimum atomic E-state index is -1.15. The van der Waals surface area contributed by atoms with Gasteiger partial charge in [0.05, 0.1) is 0 Å².